The molecule has 3 atom stereocenters. The maximum Gasteiger partial charge on any atom is 0.0586 e. The van der Waals surface area contributed by atoms with Gasteiger partial charge in [0.25, 0.3) is 0 Å². The smallest absolute Gasteiger partial charge is 0.0586 e. The van der Waals surface area contributed by atoms with Crippen LogP contribution in [0, 0.1) is 5.92 Å². The van der Waals surface area contributed by atoms with Crippen LogP contribution in [0.5, 0.6) is 0 Å². The fraction of sp³-hybridized carbons (Fsp3) is 0.625. The van der Waals surface area contributed by atoms with Crippen molar-refractivity contribution >= 4 is 0 Å². The molecule has 0 bridgehead atoms. The van der Waals surface area contributed by atoms with E-state index in [2.05, 4.69) is 49.3 Å². The van der Waals surface area contributed by atoms with Gasteiger partial charge in [-0.3, -0.25) is 0 Å². The van der Waals surface area contributed by atoms with Crippen LogP contribution >= 0.6 is 0 Å². The number of hydrogen-bond donors (Lipinski definition) is 1. The van der Waals surface area contributed by atoms with Crippen LogP contribution in [-0.4, -0.2) is 30.2 Å². The quantitative estimate of drug-likeness (QED) is 0.829. The summed E-state index contributed by atoms with van der Waals surface area (Å²) in [6.07, 6.45) is 5.63. The van der Waals surface area contributed by atoms with Gasteiger partial charge in [-0.25, -0.2) is 0 Å². The number of benzene rings is 1. The second kappa shape index (κ2) is 6.35. The molecule has 0 saturated heterocycles. The minimum Gasteiger partial charge on any atom is -0.393 e. The molecule has 18 heavy (non-hydrogen) atoms. The Labute approximate surface area is 111 Å². The predicted octanol–water partition coefficient (Wildman–Crippen LogP) is 3.23. The van der Waals surface area contributed by atoms with Crippen LogP contribution in [0.15, 0.2) is 30.3 Å². The van der Waals surface area contributed by atoms with Crippen molar-refractivity contribution in [3.8, 4) is 0 Å². The monoisotopic (exact) mass is 247 g/mol. The molecule has 1 aliphatic rings. The molecule has 0 spiro atoms. The first kappa shape index (κ1) is 13.6. The number of aliphatic hydroxyl groups is 1. The number of aliphatic hydroxyl groups excluding tert-OH is 1. The van der Waals surface area contributed by atoms with Crippen molar-refractivity contribution in [1.82, 2.24) is 4.90 Å². The standard InChI is InChI=1S/C16H25NO/c1-17(2)16(13-9-5-3-6-10-13)14-11-7-4-8-12-15(14)18/h3,5-6,9-10,14-16,18H,4,7-8,11-12H2,1-2H3. The van der Waals surface area contributed by atoms with Gasteiger partial charge in [-0.2, -0.15) is 0 Å². The molecule has 0 aromatic heterocycles. The molecular formula is C16H25NO. The largest absolute Gasteiger partial charge is 0.393 e. The molecule has 2 nitrogen and oxygen atoms in total. The SMILES string of the molecule is CN(C)C(c1ccccc1)C1CCCCCC1O. The zero-order valence-corrected chi connectivity index (χ0v) is 11.5. The Morgan fingerprint density at radius 2 is 1.72 bits per heavy atom. The van der Waals surface area contributed by atoms with E-state index in [1.807, 2.05) is 0 Å². The molecule has 0 aliphatic heterocycles. The molecular weight excluding hydrogens is 222 g/mol. The zero-order valence-electron chi connectivity index (χ0n) is 11.5. The molecule has 0 amide bonds. The van der Waals surface area contributed by atoms with Gasteiger partial charge < -0.3 is 10.0 Å². The Bertz CT molecular complexity index is 349. The van der Waals surface area contributed by atoms with Crippen molar-refractivity contribution in [2.45, 2.75) is 44.2 Å². The number of hydrogen-bond acceptors (Lipinski definition) is 2. The van der Waals surface area contributed by atoms with Crippen LogP contribution in [-0.2, 0) is 0 Å². The Kier molecular flexibility index (Phi) is 4.79. The highest BCUT2D eigenvalue weighted by Gasteiger charge is 2.31. The first-order valence-electron chi connectivity index (χ1n) is 7.09. The third kappa shape index (κ3) is 3.12. The lowest BCUT2D eigenvalue weighted by atomic mass is 9.84. The van der Waals surface area contributed by atoms with Gasteiger partial charge in [-0.15, -0.1) is 0 Å². The summed E-state index contributed by atoms with van der Waals surface area (Å²) in [4.78, 5) is 2.26. The van der Waals surface area contributed by atoms with E-state index in [0.717, 1.165) is 12.8 Å². The average Bonchev–Trinajstić information content (AvgIpc) is 2.56. The molecule has 0 heterocycles. The van der Waals surface area contributed by atoms with E-state index in [1.165, 1.54) is 24.8 Å². The second-order valence-electron chi connectivity index (χ2n) is 5.69. The minimum absolute atomic E-state index is 0.153. The lowest BCUT2D eigenvalue weighted by molar-refractivity contribution is 0.0481. The van der Waals surface area contributed by atoms with E-state index in [4.69, 9.17) is 0 Å². The summed E-state index contributed by atoms with van der Waals surface area (Å²) in [6, 6.07) is 10.9. The van der Waals surface area contributed by atoms with Crippen LogP contribution in [0.4, 0.5) is 0 Å². The van der Waals surface area contributed by atoms with Crippen molar-refractivity contribution in [3.05, 3.63) is 35.9 Å². The maximum absolute atomic E-state index is 10.4. The maximum atomic E-state index is 10.4. The highest BCUT2D eigenvalue weighted by atomic mass is 16.3. The van der Waals surface area contributed by atoms with Crippen LogP contribution in [0.2, 0.25) is 0 Å². The summed E-state index contributed by atoms with van der Waals surface area (Å²) in [5.74, 6) is 0.366. The molecule has 1 aromatic rings. The molecule has 1 aromatic carbocycles. The van der Waals surface area contributed by atoms with E-state index in [0.29, 0.717) is 12.0 Å². The molecule has 100 valence electrons. The Hall–Kier alpha value is -0.860. The van der Waals surface area contributed by atoms with Crippen LogP contribution in [0.25, 0.3) is 0 Å². The number of nitrogens with zero attached hydrogens (tertiary/aromatic N) is 1. The van der Waals surface area contributed by atoms with Crippen LogP contribution in [0.3, 0.4) is 0 Å². The zero-order chi connectivity index (χ0) is 13.0. The van der Waals surface area contributed by atoms with Gasteiger partial charge in [0.1, 0.15) is 0 Å². The van der Waals surface area contributed by atoms with Crippen molar-refractivity contribution in [1.29, 1.82) is 0 Å². The minimum atomic E-state index is -0.153. The molecule has 1 N–H and O–H groups in total. The first-order chi connectivity index (χ1) is 8.70. The lowest BCUT2D eigenvalue weighted by Gasteiger charge is -2.35. The van der Waals surface area contributed by atoms with E-state index >= 15 is 0 Å². The highest BCUT2D eigenvalue weighted by Crippen LogP contribution is 2.36. The van der Waals surface area contributed by atoms with E-state index in [-0.39, 0.29) is 6.10 Å². The summed E-state index contributed by atoms with van der Waals surface area (Å²) in [6.45, 7) is 0. The van der Waals surface area contributed by atoms with Gasteiger partial charge >= 0.3 is 0 Å². The van der Waals surface area contributed by atoms with E-state index in [1.54, 1.807) is 0 Å². The van der Waals surface area contributed by atoms with Crippen molar-refractivity contribution in [2.24, 2.45) is 5.92 Å². The summed E-state index contributed by atoms with van der Waals surface area (Å²) >= 11 is 0. The Balaban J connectivity index is 2.23. The first-order valence-corrected chi connectivity index (χ1v) is 7.09. The molecule has 2 rings (SSSR count). The normalized spacial score (nSPS) is 26.9. The van der Waals surface area contributed by atoms with Gasteiger partial charge in [-0.05, 0) is 32.5 Å². The van der Waals surface area contributed by atoms with Crippen LogP contribution in [0.1, 0.15) is 43.7 Å². The molecule has 1 fully saturated rings. The van der Waals surface area contributed by atoms with E-state index in [9.17, 15) is 5.11 Å². The predicted molar refractivity (Wildman–Crippen MR) is 75.5 cm³/mol. The van der Waals surface area contributed by atoms with Gasteiger partial charge in [0.05, 0.1) is 6.10 Å². The molecule has 0 radical (unpaired) electrons. The second-order valence-corrected chi connectivity index (χ2v) is 5.69. The summed E-state index contributed by atoms with van der Waals surface area (Å²) in [5, 5.41) is 10.4. The molecule has 3 unspecified atom stereocenters. The molecule has 1 aliphatic carbocycles. The third-order valence-electron chi connectivity index (χ3n) is 4.13. The van der Waals surface area contributed by atoms with Crippen molar-refractivity contribution in [2.75, 3.05) is 14.1 Å². The Morgan fingerprint density at radius 1 is 1.06 bits per heavy atom. The van der Waals surface area contributed by atoms with Crippen LogP contribution < -0.4 is 0 Å². The molecule has 1 saturated carbocycles. The van der Waals surface area contributed by atoms with Gasteiger partial charge in [-0.1, -0.05) is 49.6 Å². The molecule has 2 heteroatoms. The lowest BCUT2D eigenvalue weighted by Crippen LogP contribution is -2.34. The van der Waals surface area contributed by atoms with E-state index < -0.39 is 0 Å². The fourth-order valence-electron chi connectivity index (χ4n) is 3.26. The summed E-state index contributed by atoms with van der Waals surface area (Å²) in [5.41, 5.74) is 1.33. The van der Waals surface area contributed by atoms with Gasteiger partial charge in [0, 0.05) is 12.0 Å². The number of rotatable bonds is 3. The van der Waals surface area contributed by atoms with Gasteiger partial charge in [0.2, 0.25) is 0 Å². The van der Waals surface area contributed by atoms with Crippen molar-refractivity contribution in [3.63, 3.8) is 0 Å². The fourth-order valence-corrected chi connectivity index (χ4v) is 3.26. The summed E-state index contributed by atoms with van der Waals surface area (Å²) < 4.78 is 0. The van der Waals surface area contributed by atoms with Gasteiger partial charge in [0.15, 0.2) is 0 Å². The Morgan fingerprint density at radius 3 is 2.39 bits per heavy atom. The third-order valence-corrected chi connectivity index (χ3v) is 4.13. The average molecular weight is 247 g/mol. The topological polar surface area (TPSA) is 23.5 Å². The highest BCUT2D eigenvalue weighted by molar-refractivity contribution is 5.20. The van der Waals surface area contributed by atoms with Crippen molar-refractivity contribution < 1.29 is 5.11 Å². The summed E-state index contributed by atoms with van der Waals surface area (Å²) in [7, 11) is 4.24.